The van der Waals surface area contributed by atoms with Gasteiger partial charge in [0.05, 0.1) is 10.2 Å². The predicted molar refractivity (Wildman–Crippen MR) is 114 cm³/mol. The summed E-state index contributed by atoms with van der Waals surface area (Å²) in [6, 6.07) is 5.16. The number of nitrogens with zero attached hydrogens (tertiary/aromatic N) is 1. The average Bonchev–Trinajstić information content (AvgIpc) is 2.90. The molecule has 1 aromatic heterocycles. The molecule has 3 N–H and O–H groups in total. The number of benzene rings is 1. The minimum atomic E-state index is 0.276. The fraction of sp³-hybridized carbons (Fsp3) is 0.400. The van der Waals surface area contributed by atoms with Crippen LogP contribution in [0.25, 0.3) is 10.2 Å². The van der Waals surface area contributed by atoms with Crippen LogP contribution in [-0.2, 0) is 4.74 Å². The number of fused-ring (bicyclic) bond motifs is 1. The molecule has 0 fully saturated rings. The van der Waals surface area contributed by atoms with Crippen molar-refractivity contribution in [3.05, 3.63) is 52.4 Å². The standard InChI is InChI=1S/C8H7N3OS.C7H12.C3H8O.C2H6/c9-8-11(10)6-2-1-5(4-12)3-7(6)13-8;1-6(2)5-7(3)4;1-3-4-2;1-2/h1-4,9H,10H2;5H,1H2,2-4H3;3H2,1-2H3;1-2H3. The molecule has 0 unspecified atom stereocenters. The second-order valence-electron chi connectivity index (χ2n) is 5.27. The van der Waals surface area contributed by atoms with Crippen LogP contribution in [0.4, 0.5) is 0 Å². The molecular weight excluding hydrogens is 346 g/mol. The third kappa shape index (κ3) is 10.6. The Hall–Kier alpha value is -2.18. The minimum absolute atomic E-state index is 0.276. The molecule has 5 nitrogen and oxygen atoms in total. The first-order valence-corrected chi connectivity index (χ1v) is 9.28. The number of hydrogen-bond acceptors (Lipinski definition) is 5. The molecule has 2 rings (SSSR count). The highest BCUT2D eigenvalue weighted by Crippen LogP contribution is 2.16. The lowest BCUT2D eigenvalue weighted by molar-refractivity contribution is 0.112. The van der Waals surface area contributed by atoms with Crippen LogP contribution in [0.15, 0.2) is 42.0 Å². The molecule has 6 heteroatoms. The van der Waals surface area contributed by atoms with E-state index < -0.39 is 0 Å². The monoisotopic (exact) mass is 379 g/mol. The number of carbonyl (C=O) groups excluding carboxylic acids is 1. The zero-order valence-electron chi connectivity index (χ0n) is 17.1. The molecule has 26 heavy (non-hydrogen) atoms. The van der Waals surface area contributed by atoms with Crippen molar-refractivity contribution in [3.8, 4) is 0 Å². The Morgan fingerprint density at radius 2 is 1.88 bits per heavy atom. The third-order valence-corrected chi connectivity index (χ3v) is 3.57. The van der Waals surface area contributed by atoms with Gasteiger partial charge in [0, 0.05) is 19.3 Å². The summed E-state index contributed by atoms with van der Waals surface area (Å²) in [6.45, 7) is 16.6. The molecule has 0 saturated heterocycles. The Balaban J connectivity index is 0. The van der Waals surface area contributed by atoms with E-state index in [0.717, 1.165) is 28.7 Å². The fourth-order valence-corrected chi connectivity index (χ4v) is 2.51. The van der Waals surface area contributed by atoms with Crippen molar-refractivity contribution in [1.82, 2.24) is 4.68 Å². The van der Waals surface area contributed by atoms with Crippen molar-refractivity contribution >= 4 is 27.8 Å². The van der Waals surface area contributed by atoms with E-state index in [1.165, 1.54) is 21.6 Å². The van der Waals surface area contributed by atoms with E-state index in [4.69, 9.17) is 11.3 Å². The molecule has 0 saturated carbocycles. The van der Waals surface area contributed by atoms with Gasteiger partial charge >= 0.3 is 0 Å². The highest BCUT2D eigenvalue weighted by Gasteiger charge is 2.02. The van der Waals surface area contributed by atoms with Crippen LogP contribution in [0.5, 0.6) is 0 Å². The highest BCUT2D eigenvalue weighted by atomic mass is 32.1. The summed E-state index contributed by atoms with van der Waals surface area (Å²) in [5, 5.41) is 7.44. The van der Waals surface area contributed by atoms with E-state index in [-0.39, 0.29) is 4.80 Å². The first-order chi connectivity index (χ1) is 12.3. The Morgan fingerprint density at radius 3 is 2.23 bits per heavy atom. The summed E-state index contributed by atoms with van der Waals surface area (Å²) in [5.74, 6) is 5.58. The maximum absolute atomic E-state index is 10.5. The van der Waals surface area contributed by atoms with Crippen molar-refractivity contribution in [2.45, 2.75) is 41.5 Å². The maximum atomic E-state index is 10.5. The van der Waals surface area contributed by atoms with E-state index in [2.05, 4.69) is 31.2 Å². The van der Waals surface area contributed by atoms with Gasteiger partial charge in [0.15, 0.2) is 0 Å². The van der Waals surface area contributed by atoms with Gasteiger partial charge in [-0.15, -0.1) is 0 Å². The van der Waals surface area contributed by atoms with Crippen LogP contribution in [0.1, 0.15) is 51.9 Å². The molecular formula is C20H33N3O2S. The molecule has 0 bridgehead atoms. The number of nitrogen functional groups attached to an aromatic ring is 1. The first-order valence-electron chi connectivity index (χ1n) is 8.46. The number of allylic oxidation sites excluding steroid dienone is 3. The number of thiazole rings is 1. The quantitative estimate of drug-likeness (QED) is 0.451. The van der Waals surface area contributed by atoms with Crippen LogP contribution in [0, 0.1) is 5.41 Å². The Labute approximate surface area is 161 Å². The largest absolute Gasteiger partial charge is 0.385 e. The molecule has 0 amide bonds. The van der Waals surface area contributed by atoms with Crippen LogP contribution >= 0.6 is 11.3 Å². The molecule has 0 radical (unpaired) electrons. The maximum Gasteiger partial charge on any atom is 0.201 e. The SMILES string of the molecule is C=C(C)C=C(C)C.CC.CCOC.N=c1sc2cc(C=O)ccc2n1N. The number of methoxy groups -OCH3 is 1. The van der Waals surface area contributed by atoms with Gasteiger partial charge in [-0.1, -0.05) is 49.0 Å². The number of hydrogen-bond donors (Lipinski definition) is 2. The first kappa shape index (κ1) is 26.1. The van der Waals surface area contributed by atoms with Gasteiger partial charge in [0.2, 0.25) is 4.80 Å². The molecule has 1 heterocycles. The number of aromatic nitrogens is 1. The second-order valence-corrected chi connectivity index (χ2v) is 6.30. The Morgan fingerprint density at radius 1 is 1.35 bits per heavy atom. The van der Waals surface area contributed by atoms with E-state index in [0.29, 0.717) is 5.56 Å². The zero-order valence-corrected chi connectivity index (χ0v) is 17.9. The number of nitrogens with two attached hydrogens (primary N) is 1. The van der Waals surface area contributed by atoms with Gasteiger partial charge in [0.25, 0.3) is 0 Å². The molecule has 0 atom stereocenters. The smallest absolute Gasteiger partial charge is 0.201 e. The van der Waals surface area contributed by atoms with Crippen molar-refractivity contribution in [2.75, 3.05) is 19.6 Å². The van der Waals surface area contributed by atoms with Crippen molar-refractivity contribution in [2.24, 2.45) is 0 Å². The summed E-state index contributed by atoms with van der Waals surface area (Å²) in [6.07, 6.45) is 2.84. The molecule has 0 spiro atoms. The van der Waals surface area contributed by atoms with Gasteiger partial charge in [-0.2, -0.15) is 0 Å². The highest BCUT2D eigenvalue weighted by molar-refractivity contribution is 7.16. The van der Waals surface area contributed by atoms with Gasteiger partial charge in [-0.25, -0.2) is 4.68 Å². The van der Waals surface area contributed by atoms with Crippen LogP contribution in [0.2, 0.25) is 0 Å². The lowest BCUT2D eigenvalue weighted by Gasteiger charge is -1.94. The molecule has 146 valence electrons. The van der Waals surface area contributed by atoms with Crippen LogP contribution in [-0.4, -0.2) is 24.7 Å². The number of aldehydes is 1. The van der Waals surface area contributed by atoms with Gasteiger partial charge in [0.1, 0.15) is 6.29 Å². The lowest BCUT2D eigenvalue weighted by Crippen LogP contribution is -2.20. The second kappa shape index (κ2) is 15.1. The molecule has 0 aliphatic carbocycles. The molecule has 0 aliphatic heterocycles. The summed E-state index contributed by atoms with van der Waals surface area (Å²) < 4.78 is 6.70. The lowest BCUT2D eigenvalue weighted by atomic mass is 10.2. The summed E-state index contributed by atoms with van der Waals surface area (Å²) >= 11 is 1.25. The number of rotatable bonds is 3. The van der Waals surface area contributed by atoms with Gasteiger partial charge < -0.3 is 10.6 Å². The minimum Gasteiger partial charge on any atom is -0.385 e. The van der Waals surface area contributed by atoms with Crippen LogP contribution < -0.4 is 10.6 Å². The van der Waals surface area contributed by atoms with E-state index in [9.17, 15) is 4.79 Å². The molecule has 2 aromatic rings. The Bertz CT molecular complexity index is 752. The number of nitrogens with one attached hydrogen (secondary N) is 1. The van der Waals surface area contributed by atoms with Crippen molar-refractivity contribution in [1.29, 1.82) is 5.41 Å². The summed E-state index contributed by atoms with van der Waals surface area (Å²) in [5.41, 5.74) is 3.82. The third-order valence-electron chi connectivity index (χ3n) is 2.63. The fourth-order valence-electron chi connectivity index (χ4n) is 1.64. The van der Waals surface area contributed by atoms with Crippen LogP contribution in [0.3, 0.4) is 0 Å². The predicted octanol–water partition coefficient (Wildman–Crippen LogP) is 4.92. The van der Waals surface area contributed by atoms with E-state index in [1.54, 1.807) is 25.3 Å². The molecule has 0 aliphatic rings. The van der Waals surface area contributed by atoms with E-state index >= 15 is 0 Å². The molecule has 1 aromatic carbocycles. The summed E-state index contributed by atoms with van der Waals surface area (Å²) in [7, 11) is 1.68. The van der Waals surface area contributed by atoms with E-state index in [1.807, 2.05) is 27.7 Å². The van der Waals surface area contributed by atoms with Crippen molar-refractivity contribution in [3.63, 3.8) is 0 Å². The topological polar surface area (TPSA) is 81.1 Å². The average molecular weight is 380 g/mol. The number of ether oxygens (including phenoxy) is 1. The Kier molecular flexibility index (Phi) is 15.1. The summed E-state index contributed by atoms with van der Waals surface area (Å²) in [4.78, 5) is 10.7. The van der Waals surface area contributed by atoms with Crippen molar-refractivity contribution < 1.29 is 9.53 Å². The van der Waals surface area contributed by atoms with Gasteiger partial charge in [-0.3, -0.25) is 10.2 Å². The number of carbonyl (C=O) groups is 1. The zero-order chi connectivity index (χ0) is 20.7. The van der Waals surface area contributed by atoms with Gasteiger partial charge in [-0.05, 0) is 45.9 Å². The normalized spacial score (nSPS) is 8.73.